The standard InChI is InChI=1S/C15H20O2/c1-3-11(2)13-6-7-15(14(8-13)9-16)17-10-12-4-5-12/h6-9,11-12H,3-5,10H2,1-2H3. The number of ether oxygens (including phenoxy) is 1. The van der Waals surface area contributed by atoms with Gasteiger partial charge in [-0.05, 0) is 48.8 Å². The van der Waals surface area contributed by atoms with Crippen molar-refractivity contribution in [1.29, 1.82) is 0 Å². The Morgan fingerprint density at radius 3 is 2.82 bits per heavy atom. The lowest BCUT2D eigenvalue weighted by atomic mass is 9.97. The Bertz CT molecular complexity index is 394. The third kappa shape index (κ3) is 3.09. The van der Waals surface area contributed by atoms with E-state index in [1.54, 1.807) is 0 Å². The van der Waals surface area contributed by atoms with Gasteiger partial charge in [-0.15, -0.1) is 0 Å². The van der Waals surface area contributed by atoms with Gasteiger partial charge in [0.1, 0.15) is 5.75 Å². The fourth-order valence-electron chi connectivity index (χ4n) is 1.82. The summed E-state index contributed by atoms with van der Waals surface area (Å²) in [5.41, 5.74) is 1.90. The Balaban J connectivity index is 2.11. The van der Waals surface area contributed by atoms with Gasteiger partial charge in [-0.2, -0.15) is 0 Å². The summed E-state index contributed by atoms with van der Waals surface area (Å²) in [6.45, 7) is 5.08. The van der Waals surface area contributed by atoms with Crippen molar-refractivity contribution in [3.05, 3.63) is 29.3 Å². The lowest BCUT2D eigenvalue weighted by molar-refractivity contribution is 0.111. The topological polar surface area (TPSA) is 26.3 Å². The molecule has 0 N–H and O–H groups in total. The third-order valence-electron chi connectivity index (χ3n) is 3.51. The van der Waals surface area contributed by atoms with E-state index in [1.807, 2.05) is 12.1 Å². The number of carbonyl (C=O) groups excluding carboxylic acids is 1. The fraction of sp³-hybridized carbons (Fsp3) is 0.533. The summed E-state index contributed by atoms with van der Waals surface area (Å²) in [7, 11) is 0. The van der Waals surface area contributed by atoms with Crippen LogP contribution in [0.5, 0.6) is 5.75 Å². The molecule has 0 spiro atoms. The molecule has 92 valence electrons. The third-order valence-corrected chi connectivity index (χ3v) is 3.51. The molecule has 1 atom stereocenters. The summed E-state index contributed by atoms with van der Waals surface area (Å²) in [6, 6.07) is 5.97. The highest BCUT2D eigenvalue weighted by Gasteiger charge is 2.22. The van der Waals surface area contributed by atoms with Gasteiger partial charge >= 0.3 is 0 Å². The number of carbonyl (C=O) groups is 1. The van der Waals surface area contributed by atoms with Crippen LogP contribution < -0.4 is 4.74 Å². The maximum Gasteiger partial charge on any atom is 0.153 e. The fourth-order valence-corrected chi connectivity index (χ4v) is 1.82. The van der Waals surface area contributed by atoms with Crippen LogP contribution in [0.3, 0.4) is 0 Å². The van der Waals surface area contributed by atoms with E-state index in [2.05, 4.69) is 19.9 Å². The van der Waals surface area contributed by atoms with E-state index in [1.165, 1.54) is 18.4 Å². The minimum atomic E-state index is 0.492. The van der Waals surface area contributed by atoms with Gasteiger partial charge in [0.25, 0.3) is 0 Å². The molecule has 0 radical (unpaired) electrons. The van der Waals surface area contributed by atoms with E-state index in [0.29, 0.717) is 17.4 Å². The van der Waals surface area contributed by atoms with Gasteiger partial charge in [0.2, 0.25) is 0 Å². The predicted molar refractivity (Wildman–Crippen MR) is 68.8 cm³/mol. The van der Waals surface area contributed by atoms with Crippen LogP contribution in [-0.2, 0) is 0 Å². The van der Waals surface area contributed by atoms with E-state index < -0.39 is 0 Å². The molecule has 0 aromatic heterocycles. The molecule has 2 rings (SSSR count). The summed E-state index contributed by atoms with van der Waals surface area (Å²) < 4.78 is 5.69. The van der Waals surface area contributed by atoms with Crippen molar-refractivity contribution in [3.8, 4) is 5.75 Å². The Morgan fingerprint density at radius 2 is 2.24 bits per heavy atom. The van der Waals surface area contributed by atoms with Gasteiger partial charge in [0, 0.05) is 0 Å². The smallest absolute Gasteiger partial charge is 0.153 e. The molecule has 0 amide bonds. The van der Waals surface area contributed by atoms with Gasteiger partial charge in [-0.25, -0.2) is 0 Å². The van der Waals surface area contributed by atoms with Crippen LogP contribution in [0, 0.1) is 5.92 Å². The molecule has 0 heterocycles. The minimum absolute atomic E-state index is 0.492. The molecule has 17 heavy (non-hydrogen) atoms. The van der Waals surface area contributed by atoms with E-state index in [4.69, 9.17) is 4.74 Å². The highest BCUT2D eigenvalue weighted by atomic mass is 16.5. The summed E-state index contributed by atoms with van der Waals surface area (Å²) in [6.07, 6.45) is 4.51. The monoisotopic (exact) mass is 232 g/mol. The number of aldehydes is 1. The van der Waals surface area contributed by atoms with Crippen molar-refractivity contribution in [2.45, 2.75) is 39.0 Å². The summed E-state index contributed by atoms with van der Waals surface area (Å²) >= 11 is 0. The molecule has 1 aliphatic rings. The van der Waals surface area contributed by atoms with Crippen molar-refractivity contribution in [2.24, 2.45) is 5.92 Å². The zero-order valence-corrected chi connectivity index (χ0v) is 10.6. The Morgan fingerprint density at radius 1 is 1.47 bits per heavy atom. The van der Waals surface area contributed by atoms with Crippen LogP contribution in [0.15, 0.2) is 18.2 Å². The average Bonchev–Trinajstić information content (AvgIpc) is 3.19. The first-order valence-corrected chi connectivity index (χ1v) is 6.46. The van der Waals surface area contributed by atoms with Crippen molar-refractivity contribution in [3.63, 3.8) is 0 Å². The quantitative estimate of drug-likeness (QED) is 0.697. The van der Waals surface area contributed by atoms with Gasteiger partial charge < -0.3 is 4.74 Å². The summed E-state index contributed by atoms with van der Waals surface area (Å²) in [4.78, 5) is 11.1. The summed E-state index contributed by atoms with van der Waals surface area (Å²) in [5.74, 6) is 1.94. The number of hydrogen-bond acceptors (Lipinski definition) is 2. The first-order chi connectivity index (χ1) is 8.24. The molecule has 0 aliphatic heterocycles. The molecule has 1 aliphatic carbocycles. The van der Waals surface area contributed by atoms with E-state index in [0.717, 1.165) is 25.1 Å². The second kappa shape index (κ2) is 5.35. The minimum Gasteiger partial charge on any atom is -0.493 e. The van der Waals surface area contributed by atoms with Gasteiger partial charge in [0.15, 0.2) is 6.29 Å². The number of rotatable bonds is 6. The molecule has 1 aromatic carbocycles. The molecular formula is C15H20O2. The first kappa shape index (κ1) is 12.2. The second-order valence-corrected chi connectivity index (χ2v) is 4.98. The van der Waals surface area contributed by atoms with Crippen LogP contribution >= 0.6 is 0 Å². The van der Waals surface area contributed by atoms with E-state index >= 15 is 0 Å². The summed E-state index contributed by atoms with van der Waals surface area (Å²) in [5, 5.41) is 0. The number of hydrogen-bond donors (Lipinski definition) is 0. The van der Waals surface area contributed by atoms with Crippen LogP contribution in [0.4, 0.5) is 0 Å². The van der Waals surface area contributed by atoms with Crippen molar-refractivity contribution in [2.75, 3.05) is 6.61 Å². The molecule has 1 saturated carbocycles. The largest absolute Gasteiger partial charge is 0.493 e. The molecule has 2 heteroatoms. The molecule has 2 nitrogen and oxygen atoms in total. The van der Waals surface area contributed by atoms with Crippen LogP contribution in [0.25, 0.3) is 0 Å². The Hall–Kier alpha value is -1.31. The van der Waals surface area contributed by atoms with Crippen molar-refractivity contribution in [1.82, 2.24) is 0 Å². The maximum absolute atomic E-state index is 11.1. The van der Waals surface area contributed by atoms with Crippen LogP contribution in [0.1, 0.15) is 54.9 Å². The van der Waals surface area contributed by atoms with Crippen molar-refractivity contribution < 1.29 is 9.53 Å². The molecular weight excluding hydrogens is 212 g/mol. The lowest BCUT2D eigenvalue weighted by Crippen LogP contribution is -2.02. The Labute approximate surface area is 103 Å². The molecule has 1 aromatic rings. The normalized spacial score (nSPS) is 16.6. The molecule has 0 saturated heterocycles. The second-order valence-electron chi connectivity index (χ2n) is 4.98. The van der Waals surface area contributed by atoms with Gasteiger partial charge in [0.05, 0.1) is 12.2 Å². The van der Waals surface area contributed by atoms with Crippen LogP contribution in [-0.4, -0.2) is 12.9 Å². The number of benzene rings is 1. The molecule has 1 unspecified atom stereocenters. The zero-order chi connectivity index (χ0) is 12.3. The van der Waals surface area contributed by atoms with E-state index in [-0.39, 0.29) is 0 Å². The zero-order valence-electron chi connectivity index (χ0n) is 10.6. The van der Waals surface area contributed by atoms with Gasteiger partial charge in [-0.3, -0.25) is 4.79 Å². The average molecular weight is 232 g/mol. The van der Waals surface area contributed by atoms with E-state index in [9.17, 15) is 4.79 Å². The lowest BCUT2D eigenvalue weighted by Gasteiger charge is -2.13. The predicted octanol–water partition coefficient (Wildman–Crippen LogP) is 3.80. The first-order valence-electron chi connectivity index (χ1n) is 6.46. The SMILES string of the molecule is CCC(C)c1ccc(OCC2CC2)c(C=O)c1. The van der Waals surface area contributed by atoms with Gasteiger partial charge in [-0.1, -0.05) is 19.9 Å². The highest BCUT2D eigenvalue weighted by molar-refractivity contribution is 5.79. The maximum atomic E-state index is 11.1. The Kier molecular flexibility index (Phi) is 3.82. The van der Waals surface area contributed by atoms with Crippen LogP contribution in [0.2, 0.25) is 0 Å². The molecule has 0 bridgehead atoms. The van der Waals surface area contributed by atoms with Crippen molar-refractivity contribution >= 4 is 6.29 Å². The molecule has 1 fully saturated rings. The highest BCUT2D eigenvalue weighted by Crippen LogP contribution is 2.31.